The van der Waals surface area contributed by atoms with E-state index < -0.39 is 23.8 Å². The first-order valence-corrected chi connectivity index (χ1v) is 6.87. The highest BCUT2D eigenvalue weighted by molar-refractivity contribution is 6.27. The Kier molecular flexibility index (Phi) is 6.30. The van der Waals surface area contributed by atoms with Gasteiger partial charge in [-0.3, -0.25) is 24.8 Å². The van der Waals surface area contributed by atoms with Crippen LogP contribution in [0.15, 0.2) is 4.99 Å². The smallest absolute Gasteiger partial charge is 0.330 e. The van der Waals surface area contributed by atoms with Crippen LogP contribution in [0.5, 0.6) is 0 Å². The Morgan fingerprint density at radius 1 is 1.35 bits per heavy atom. The number of barbiturate groups is 1. The second-order valence-corrected chi connectivity index (χ2v) is 4.52. The molecule has 0 spiro atoms. The van der Waals surface area contributed by atoms with E-state index in [-0.39, 0.29) is 13.2 Å². The van der Waals surface area contributed by atoms with E-state index in [4.69, 9.17) is 5.11 Å². The molecule has 0 aromatic carbocycles. The molecule has 0 aromatic heterocycles. The van der Waals surface area contributed by atoms with Gasteiger partial charge in [-0.05, 0) is 12.8 Å². The Morgan fingerprint density at radius 3 is 2.60 bits per heavy atom. The fraction of sp³-hybridized carbons (Fsp3) is 0.692. The van der Waals surface area contributed by atoms with Gasteiger partial charge in [0.1, 0.15) is 0 Å². The average Bonchev–Trinajstić information content (AvgIpc) is 2.42. The summed E-state index contributed by atoms with van der Waals surface area (Å²) in [4.78, 5) is 41.0. The lowest BCUT2D eigenvalue weighted by Gasteiger charge is -2.30. The van der Waals surface area contributed by atoms with Crippen molar-refractivity contribution in [1.29, 1.82) is 0 Å². The third kappa shape index (κ3) is 3.63. The van der Waals surface area contributed by atoms with Gasteiger partial charge < -0.3 is 5.11 Å². The lowest BCUT2D eigenvalue weighted by atomic mass is 9.96. The van der Waals surface area contributed by atoms with Crippen LogP contribution in [0.25, 0.3) is 0 Å². The molecule has 0 bridgehead atoms. The minimum Gasteiger partial charge on any atom is -0.394 e. The number of hydrogen-bond acceptors (Lipinski definition) is 5. The van der Waals surface area contributed by atoms with E-state index >= 15 is 0 Å². The van der Waals surface area contributed by atoms with Crippen LogP contribution in [0.4, 0.5) is 4.79 Å². The summed E-state index contributed by atoms with van der Waals surface area (Å²) >= 11 is 0. The summed E-state index contributed by atoms with van der Waals surface area (Å²) in [5.41, 5.74) is 0.399. The monoisotopic (exact) mass is 283 g/mol. The van der Waals surface area contributed by atoms with Crippen molar-refractivity contribution < 1.29 is 19.5 Å². The Morgan fingerprint density at radius 2 is 2.05 bits per heavy atom. The molecule has 1 aliphatic heterocycles. The molecule has 7 heteroatoms. The average molecular weight is 283 g/mol. The number of nitrogens with zero attached hydrogens (tertiary/aromatic N) is 2. The van der Waals surface area contributed by atoms with E-state index in [9.17, 15) is 14.4 Å². The molecule has 1 fully saturated rings. The number of aliphatic hydroxyl groups excluding tert-OH is 1. The molecule has 0 aliphatic carbocycles. The standard InChI is InChI=1S/C13H21N3O4/c1-3-5-7-16-12(19)10(11(18)15-13(16)20)9(4-2)14-6-8-17/h10,17H,3-8H2,1-2H3,(H,15,18,20)/t10-/m1/s1. The van der Waals surface area contributed by atoms with E-state index in [1.165, 1.54) is 0 Å². The van der Waals surface area contributed by atoms with Crippen molar-refractivity contribution in [2.75, 3.05) is 19.7 Å². The largest absolute Gasteiger partial charge is 0.394 e. The number of carbonyl (C=O) groups is 3. The molecule has 0 aromatic rings. The van der Waals surface area contributed by atoms with Crippen molar-refractivity contribution in [3.8, 4) is 0 Å². The Labute approximate surface area is 118 Å². The van der Waals surface area contributed by atoms with Gasteiger partial charge in [-0.25, -0.2) is 4.79 Å². The number of rotatable bonds is 7. The molecule has 20 heavy (non-hydrogen) atoms. The van der Waals surface area contributed by atoms with Crippen molar-refractivity contribution in [2.45, 2.75) is 33.1 Å². The van der Waals surface area contributed by atoms with Crippen LogP contribution < -0.4 is 5.32 Å². The second kappa shape index (κ2) is 7.74. The summed E-state index contributed by atoms with van der Waals surface area (Å²) in [6.45, 7) is 4.02. The van der Waals surface area contributed by atoms with Gasteiger partial charge in [-0.2, -0.15) is 0 Å². The molecule has 1 saturated heterocycles. The summed E-state index contributed by atoms with van der Waals surface area (Å²) in [6, 6.07) is -0.665. The summed E-state index contributed by atoms with van der Waals surface area (Å²) in [5.74, 6) is -2.21. The Balaban J connectivity index is 2.96. The predicted octanol–water partition coefficient (Wildman–Crippen LogP) is 0.324. The number of nitrogens with one attached hydrogen (secondary N) is 1. The molecule has 7 nitrogen and oxygen atoms in total. The van der Waals surface area contributed by atoms with E-state index in [2.05, 4.69) is 10.3 Å². The zero-order chi connectivity index (χ0) is 15.1. The third-order valence-corrected chi connectivity index (χ3v) is 3.10. The summed E-state index contributed by atoms with van der Waals surface area (Å²) in [5, 5.41) is 11.0. The third-order valence-electron chi connectivity index (χ3n) is 3.10. The van der Waals surface area contributed by atoms with Gasteiger partial charge in [0.2, 0.25) is 11.8 Å². The minimum absolute atomic E-state index is 0.142. The highest BCUT2D eigenvalue weighted by Crippen LogP contribution is 2.15. The first-order valence-electron chi connectivity index (χ1n) is 6.87. The maximum Gasteiger partial charge on any atom is 0.330 e. The van der Waals surface area contributed by atoms with Crippen molar-refractivity contribution in [3.05, 3.63) is 0 Å². The normalized spacial score (nSPS) is 20.4. The van der Waals surface area contributed by atoms with Gasteiger partial charge >= 0.3 is 6.03 Å². The molecule has 112 valence electrons. The second-order valence-electron chi connectivity index (χ2n) is 4.52. The van der Waals surface area contributed by atoms with Crippen molar-refractivity contribution in [1.82, 2.24) is 10.2 Å². The minimum atomic E-state index is -1.05. The molecule has 0 unspecified atom stereocenters. The number of amides is 4. The van der Waals surface area contributed by atoms with Gasteiger partial charge in [0.05, 0.1) is 13.2 Å². The highest BCUT2D eigenvalue weighted by Gasteiger charge is 2.42. The van der Waals surface area contributed by atoms with Crippen LogP contribution in [-0.2, 0) is 9.59 Å². The SMILES string of the molecule is CCCCN1C(=O)NC(=O)[C@@H](C(CC)=NCCO)C1=O. The number of hydrogen-bond donors (Lipinski definition) is 2. The molecule has 1 heterocycles. The van der Waals surface area contributed by atoms with Crippen LogP contribution >= 0.6 is 0 Å². The fourth-order valence-electron chi connectivity index (χ4n) is 2.04. The van der Waals surface area contributed by atoms with Gasteiger partial charge in [-0.15, -0.1) is 0 Å². The van der Waals surface area contributed by atoms with Gasteiger partial charge in [0.25, 0.3) is 0 Å². The highest BCUT2D eigenvalue weighted by atomic mass is 16.3. The summed E-state index contributed by atoms with van der Waals surface area (Å²) in [7, 11) is 0. The summed E-state index contributed by atoms with van der Waals surface area (Å²) in [6.07, 6.45) is 1.95. The van der Waals surface area contributed by atoms with E-state index in [0.717, 1.165) is 11.3 Å². The molecule has 1 atom stereocenters. The maximum atomic E-state index is 12.3. The van der Waals surface area contributed by atoms with Crippen LogP contribution in [0.1, 0.15) is 33.1 Å². The van der Waals surface area contributed by atoms with Gasteiger partial charge in [-0.1, -0.05) is 20.3 Å². The molecular weight excluding hydrogens is 262 g/mol. The first kappa shape index (κ1) is 16.3. The number of carbonyl (C=O) groups excluding carboxylic acids is 3. The summed E-state index contributed by atoms with van der Waals surface area (Å²) < 4.78 is 0. The van der Waals surface area contributed by atoms with Crippen molar-refractivity contribution in [2.24, 2.45) is 10.9 Å². The van der Waals surface area contributed by atoms with Crippen molar-refractivity contribution >= 4 is 23.6 Å². The van der Waals surface area contributed by atoms with Gasteiger partial charge in [0, 0.05) is 12.3 Å². The molecule has 2 N–H and O–H groups in total. The first-order chi connectivity index (χ1) is 9.56. The van der Waals surface area contributed by atoms with E-state index in [1.54, 1.807) is 6.92 Å². The van der Waals surface area contributed by atoms with Crippen LogP contribution in [0.3, 0.4) is 0 Å². The Bertz CT molecular complexity index is 420. The number of urea groups is 1. The fourth-order valence-corrected chi connectivity index (χ4v) is 2.04. The molecule has 1 rings (SSSR count). The maximum absolute atomic E-state index is 12.3. The number of imide groups is 2. The predicted molar refractivity (Wildman–Crippen MR) is 73.3 cm³/mol. The molecular formula is C13H21N3O4. The van der Waals surface area contributed by atoms with Crippen LogP contribution in [-0.4, -0.2) is 53.3 Å². The zero-order valence-electron chi connectivity index (χ0n) is 11.9. The topological polar surface area (TPSA) is 99.1 Å². The molecule has 0 radical (unpaired) electrons. The van der Waals surface area contributed by atoms with Crippen molar-refractivity contribution in [3.63, 3.8) is 0 Å². The molecule has 0 saturated carbocycles. The number of unbranched alkanes of at least 4 members (excludes halogenated alkanes) is 1. The number of aliphatic imine (C=N–C) groups is 1. The van der Waals surface area contributed by atoms with Crippen LogP contribution in [0.2, 0.25) is 0 Å². The lowest BCUT2D eigenvalue weighted by Crippen LogP contribution is -2.60. The Hall–Kier alpha value is -1.76. The molecule has 1 aliphatic rings. The van der Waals surface area contributed by atoms with E-state index in [1.807, 2.05) is 6.92 Å². The quantitative estimate of drug-likeness (QED) is 0.519. The van der Waals surface area contributed by atoms with Crippen LogP contribution in [0, 0.1) is 5.92 Å². The van der Waals surface area contributed by atoms with E-state index in [0.29, 0.717) is 25.1 Å². The number of aliphatic hydroxyl groups is 1. The molecule has 4 amide bonds. The zero-order valence-corrected chi connectivity index (χ0v) is 11.9. The lowest BCUT2D eigenvalue weighted by molar-refractivity contribution is -0.139. The van der Waals surface area contributed by atoms with Gasteiger partial charge in [0.15, 0.2) is 5.92 Å².